The molecule has 2 heteroatoms. The van der Waals surface area contributed by atoms with Gasteiger partial charge in [-0.15, -0.1) is 0 Å². The lowest BCUT2D eigenvalue weighted by Gasteiger charge is -2.33. The fourth-order valence-corrected chi connectivity index (χ4v) is 2.92. The summed E-state index contributed by atoms with van der Waals surface area (Å²) in [5.74, 6) is 0.219. The third-order valence-electron chi connectivity index (χ3n) is 3.79. The van der Waals surface area contributed by atoms with Gasteiger partial charge in [-0.2, -0.15) is 0 Å². The second-order valence-corrected chi connectivity index (χ2v) is 4.90. The Balaban J connectivity index is 1.86. The predicted molar refractivity (Wildman–Crippen MR) is 58.5 cm³/mol. The molecule has 0 saturated carbocycles. The molecule has 1 fully saturated rings. The first-order chi connectivity index (χ1) is 7.27. The van der Waals surface area contributed by atoms with Crippen LogP contribution in [-0.2, 0) is 17.6 Å². The quantitative estimate of drug-likeness (QED) is 0.680. The lowest BCUT2D eigenvalue weighted by atomic mass is 9.78. The number of amides is 1. The first-order valence-electron chi connectivity index (χ1n) is 5.61. The SMILES string of the molecule is O=C1CCC2(CN1)Cc1ccccc1C2. The minimum atomic E-state index is 0.219. The van der Waals surface area contributed by atoms with Crippen LogP contribution in [-0.4, -0.2) is 12.5 Å². The van der Waals surface area contributed by atoms with E-state index in [-0.39, 0.29) is 5.91 Å². The summed E-state index contributed by atoms with van der Waals surface area (Å²) in [4.78, 5) is 11.2. The van der Waals surface area contributed by atoms with E-state index in [1.54, 1.807) is 0 Å². The van der Waals surface area contributed by atoms with Crippen molar-refractivity contribution in [1.29, 1.82) is 0 Å². The molecule has 1 heterocycles. The number of hydrogen-bond donors (Lipinski definition) is 1. The zero-order valence-electron chi connectivity index (χ0n) is 8.75. The van der Waals surface area contributed by atoms with Crippen LogP contribution in [0.3, 0.4) is 0 Å². The highest BCUT2D eigenvalue weighted by Gasteiger charge is 2.39. The van der Waals surface area contributed by atoms with E-state index in [2.05, 4.69) is 29.6 Å². The maximum Gasteiger partial charge on any atom is 0.220 e. The molecule has 3 rings (SSSR count). The van der Waals surface area contributed by atoms with E-state index in [4.69, 9.17) is 0 Å². The Morgan fingerprint density at radius 3 is 2.33 bits per heavy atom. The van der Waals surface area contributed by atoms with Crippen molar-refractivity contribution in [2.45, 2.75) is 25.7 Å². The molecular weight excluding hydrogens is 186 g/mol. The van der Waals surface area contributed by atoms with Crippen LogP contribution in [0.5, 0.6) is 0 Å². The third-order valence-corrected chi connectivity index (χ3v) is 3.79. The molecule has 0 unspecified atom stereocenters. The Labute approximate surface area is 89.7 Å². The van der Waals surface area contributed by atoms with Gasteiger partial charge in [0.2, 0.25) is 5.91 Å². The Morgan fingerprint density at radius 2 is 1.80 bits per heavy atom. The van der Waals surface area contributed by atoms with Crippen molar-refractivity contribution in [3.63, 3.8) is 0 Å². The van der Waals surface area contributed by atoms with E-state index in [0.29, 0.717) is 11.8 Å². The Morgan fingerprint density at radius 1 is 1.13 bits per heavy atom. The number of fused-ring (bicyclic) bond motifs is 1. The summed E-state index contributed by atoms with van der Waals surface area (Å²) < 4.78 is 0. The number of nitrogens with one attached hydrogen (secondary N) is 1. The summed E-state index contributed by atoms with van der Waals surface area (Å²) in [6, 6.07) is 8.67. The van der Waals surface area contributed by atoms with Crippen molar-refractivity contribution in [2.24, 2.45) is 5.41 Å². The van der Waals surface area contributed by atoms with E-state index in [9.17, 15) is 4.79 Å². The molecule has 15 heavy (non-hydrogen) atoms. The molecular formula is C13H15NO. The number of piperidine rings is 1. The van der Waals surface area contributed by atoms with E-state index in [0.717, 1.165) is 25.8 Å². The molecule has 0 aromatic heterocycles. The first-order valence-corrected chi connectivity index (χ1v) is 5.61. The molecule has 1 aliphatic heterocycles. The van der Waals surface area contributed by atoms with E-state index in [1.807, 2.05) is 0 Å². The minimum absolute atomic E-state index is 0.219. The highest BCUT2D eigenvalue weighted by atomic mass is 16.1. The second-order valence-electron chi connectivity index (χ2n) is 4.90. The van der Waals surface area contributed by atoms with Gasteiger partial charge in [0.05, 0.1) is 0 Å². The van der Waals surface area contributed by atoms with E-state index >= 15 is 0 Å². The summed E-state index contributed by atoms with van der Waals surface area (Å²) in [5.41, 5.74) is 3.29. The smallest absolute Gasteiger partial charge is 0.220 e. The van der Waals surface area contributed by atoms with Crippen LogP contribution >= 0.6 is 0 Å². The first kappa shape index (κ1) is 8.96. The molecule has 2 nitrogen and oxygen atoms in total. The van der Waals surface area contributed by atoms with Gasteiger partial charge in [0.25, 0.3) is 0 Å². The molecule has 1 aliphatic carbocycles. The molecule has 1 amide bonds. The van der Waals surface area contributed by atoms with Crippen LogP contribution in [0.2, 0.25) is 0 Å². The van der Waals surface area contributed by atoms with E-state index in [1.165, 1.54) is 11.1 Å². The fourth-order valence-electron chi connectivity index (χ4n) is 2.92. The lowest BCUT2D eigenvalue weighted by Crippen LogP contribution is -2.43. The van der Waals surface area contributed by atoms with Crippen LogP contribution in [0.25, 0.3) is 0 Å². The average Bonchev–Trinajstić information content (AvgIpc) is 2.61. The van der Waals surface area contributed by atoms with Crippen LogP contribution in [0.4, 0.5) is 0 Å². The number of carbonyl (C=O) groups excluding carboxylic acids is 1. The highest BCUT2D eigenvalue weighted by molar-refractivity contribution is 5.77. The van der Waals surface area contributed by atoms with Crippen LogP contribution in [0, 0.1) is 5.41 Å². The molecule has 78 valence electrons. The zero-order chi connectivity index (χ0) is 10.3. The monoisotopic (exact) mass is 201 g/mol. The Bertz CT molecular complexity index is 374. The van der Waals surface area contributed by atoms with Crippen molar-refractivity contribution in [3.05, 3.63) is 35.4 Å². The van der Waals surface area contributed by atoms with Gasteiger partial charge in [-0.05, 0) is 35.8 Å². The molecule has 0 atom stereocenters. The molecule has 1 spiro atoms. The molecule has 1 aromatic carbocycles. The molecule has 0 bridgehead atoms. The maximum atomic E-state index is 11.2. The summed E-state index contributed by atoms with van der Waals surface area (Å²) in [7, 11) is 0. The van der Waals surface area contributed by atoms with Crippen molar-refractivity contribution < 1.29 is 4.79 Å². The van der Waals surface area contributed by atoms with E-state index < -0.39 is 0 Å². The summed E-state index contributed by atoms with van der Waals surface area (Å²) >= 11 is 0. The minimum Gasteiger partial charge on any atom is -0.356 e. The lowest BCUT2D eigenvalue weighted by molar-refractivity contribution is -0.124. The molecule has 1 aromatic rings. The van der Waals surface area contributed by atoms with Gasteiger partial charge in [0.1, 0.15) is 0 Å². The number of rotatable bonds is 0. The average molecular weight is 201 g/mol. The van der Waals surface area contributed by atoms with Gasteiger partial charge < -0.3 is 5.32 Å². The van der Waals surface area contributed by atoms with Crippen LogP contribution < -0.4 is 5.32 Å². The topological polar surface area (TPSA) is 29.1 Å². The van der Waals surface area contributed by atoms with Gasteiger partial charge in [0, 0.05) is 13.0 Å². The second kappa shape index (κ2) is 3.09. The van der Waals surface area contributed by atoms with Crippen LogP contribution in [0.15, 0.2) is 24.3 Å². The highest BCUT2D eigenvalue weighted by Crippen LogP contribution is 2.41. The van der Waals surface area contributed by atoms with Crippen molar-refractivity contribution in [2.75, 3.05) is 6.54 Å². The summed E-state index contributed by atoms with van der Waals surface area (Å²) in [6.07, 6.45) is 4.04. The van der Waals surface area contributed by atoms with Gasteiger partial charge in [-0.3, -0.25) is 4.79 Å². The van der Waals surface area contributed by atoms with Gasteiger partial charge in [-0.1, -0.05) is 24.3 Å². The molecule has 1 saturated heterocycles. The standard InChI is InChI=1S/C13H15NO/c15-12-5-6-13(9-14-12)7-10-3-1-2-4-11(10)8-13/h1-4H,5-9H2,(H,14,15). The normalized spacial score (nSPS) is 22.5. The third kappa shape index (κ3) is 1.44. The maximum absolute atomic E-state index is 11.2. The van der Waals surface area contributed by atoms with Crippen LogP contribution in [0.1, 0.15) is 24.0 Å². The summed E-state index contributed by atoms with van der Waals surface area (Å²) in [5, 5.41) is 3.01. The zero-order valence-corrected chi connectivity index (χ0v) is 8.75. The Kier molecular flexibility index (Phi) is 1.84. The van der Waals surface area contributed by atoms with Gasteiger partial charge in [-0.25, -0.2) is 0 Å². The van der Waals surface area contributed by atoms with Gasteiger partial charge >= 0.3 is 0 Å². The predicted octanol–water partition coefficient (Wildman–Crippen LogP) is 1.68. The summed E-state index contributed by atoms with van der Waals surface area (Å²) in [6.45, 7) is 0.862. The fraction of sp³-hybridized carbons (Fsp3) is 0.462. The number of carbonyl (C=O) groups is 1. The largest absolute Gasteiger partial charge is 0.356 e. The van der Waals surface area contributed by atoms with Gasteiger partial charge in [0.15, 0.2) is 0 Å². The molecule has 1 N–H and O–H groups in total. The van der Waals surface area contributed by atoms with Crippen molar-refractivity contribution in [1.82, 2.24) is 5.32 Å². The molecule has 2 aliphatic rings. The Hall–Kier alpha value is -1.31. The van der Waals surface area contributed by atoms with Crippen molar-refractivity contribution in [3.8, 4) is 0 Å². The molecule has 0 radical (unpaired) electrons. The van der Waals surface area contributed by atoms with Crippen molar-refractivity contribution >= 4 is 5.91 Å². The number of hydrogen-bond acceptors (Lipinski definition) is 1. The number of benzene rings is 1.